The molecule has 33 heavy (non-hydrogen) atoms. The number of rotatable bonds is 8. The lowest BCUT2D eigenvalue weighted by molar-refractivity contribution is -0.460. The fourth-order valence-corrected chi connectivity index (χ4v) is 3.89. The summed E-state index contributed by atoms with van der Waals surface area (Å²) >= 11 is 0. The van der Waals surface area contributed by atoms with Gasteiger partial charge in [0.25, 0.3) is 5.89 Å². The normalized spacial score (nSPS) is 17.5. The summed E-state index contributed by atoms with van der Waals surface area (Å²) in [5.41, 5.74) is 1.19. The number of methoxy groups -OCH3 is 3. The number of nitrogens with zero attached hydrogens (tertiary/aromatic N) is 4. The fraction of sp³-hybridized carbons (Fsp3) is 0.348. The van der Waals surface area contributed by atoms with Gasteiger partial charge >= 0.3 is 11.9 Å². The Morgan fingerprint density at radius 1 is 1.09 bits per heavy atom. The number of ether oxygens (including phenoxy) is 3. The maximum atomic E-state index is 13.1. The predicted molar refractivity (Wildman–Crippen MR) is 118 cm³/mol. The summed E-state index contributed by atoms with van der Waals surface area (Å²) in [6.07, 6.45) is 7.82. The van der Waals surface area contributed by atoms with Crippen molar-refractivity contribution in [2.45, 2.75) is 19.9 Å². The first-order chi connectivity index (χ1) is 16.0. The first-order valence-corrected chi connectivity index (χ1v) is 10.5. The quantitative estimate of drug-likeness (QED) is 0.562. The van der Waals surface area contributed by atoms with E-state index >= 15 is 0 Å². The van der Waals surface area contributed by atoms with Crippen LogP contribution in [0.2, 0.25) is 0 Å². The van der Waals surface area contributed by atoms with E-state index in [0.29, 0.717) is 47.3 Å². The third-order valence-electron chi connectivity index (χ3n) is 5.44. The van der Waals surface area contributed by atoms with Gasteiger partial charge in [-0.1, -0.05) is 30.3 Å². The van der Waals surface area contributed by atoms with Gasteiger partial charge in [-0.3, -0.25) is 0 Å². The number of imide groups is 1. The van der Waals surface area contributed by atoms with Crippen molar-refractivity contribution in [3.05, 3.63) is 42.3 Å². The van der Waals surface area contributed by atoms with Crippen molar-refractivity contribution in [2.75, 3.05) is 27.9 Å². The highest BCUT2D eigenvalue weighted by Crippen LogP contribution is 2.40. The maximum Gasteiger partial charge on any atom is 0.501 e. The molecule has 0 bridgehead atoms. The molecule has 0 radical (unpaired) electrons. The number of aromatic nitrogens is 2. The summed E-state index contributed by atoms with van der Waals surface area (Å²) in [7, 11) is 4.57. The molecular formula is C23H25N4O6+. The van der Waals surface area contributed by atoms with E-state index < -0.39 is 11.9 Å². The van der Waals surface area contributed by atoms with Gasteiger partial charge in [0.05, 0.1) is 27.9 Å². The Labute approximate surface area is 190 Å². The fourth-order valence-electron chi connectivity index (χ4n) is 3.89. The number of fused-ring (bicyclic) bond motifs is 1. The summed E-state index contributed by atoms with van der Waals surface area (Å²) < 4.78 is 23.1. The Bertz CT molecular complexity index is 1150. The van der Waals surface area contributed by atoms with Crippen molar-refractivity contribution >= 4 is 17.6 Å². The van der Waals surface area contributed by atoms with Crippen molar-refractivity contribution in [1.82, 2.24) is 15.0 Å². The lowest BCUT2D eigenvalue weighted by Gasteiger charge is -2.26. The summed E-state index contributed by atoms with van der Waals surface area (Å²) in [6, 6.07) is 3.02. The van der Waals surface area contributed by atoms with Crippen LogP contribution in [-0.4, -0.2) is 65.1 Å². The highest BCUT2D eigenvalue weighted by molar-refractivity contribution is 6.16. The lowest BCUT2D eigenvalue weighted by Crippen LogP contribution is -2.54. The zero-order valence-corrected chi connectivity index (χ0v) is 18.9. The van der Waals surface area contributed by atoms with E-state index in [1.54, 1.807) is 36.4 Å². The summed E-state index contributed by atoms with van der Waals surface area (Å²) in [5.74, 6) is 1.15. The van der Waals surface area contributed by atoms with Crippen LogP contribution in [0.1, 0.15) is 19.2 Å². The van der Waals surface area contributed by atoms with Crippen LogP contribution in [0, 0.1) is 5.92 Å². The van der Waals surface area contributed by atoms with Crippen LogP contribution in [0.4, 0.5) is 4.79 Å². The first-order valence-electron chi connectivity index (χ1n) is 10.5. The highest BCUT2D eigenvalue weighted by Gasteiger charge is 2.46. The smallest absolute Gasteiger partial charge is 0.493 e. The number of hydrogen-bond donors (Lipinski definition) is 0. The van der Waals surface area contributed by atoms with Crippen LogP contribution < -0.4 is 14.2 Å². The third-order valence-corrected chi connectivity index (χ3v) is 5.44. The largest absolute Gasteiger partial charge is 0.501 e. The standard InChI is InChI=1S/C23H25N4O6/c1-5-10-26-22(28)15-8-6-7-9-16(15)27(23(26)29)13-19-24-21(25-33-19)14-11-17(30-2)20(32-4)18(12-14)31-3/h6-9,11-12,15H,5,10,13H2,1-4H3/q+1. The van der Waals surface area contributed by atoms with E-state index in [9.17, 15) is 9.59 Å². The van der Waals surface area contributed by atoms with E-state index in [0.717, 1.165) is 0 Å². The van der Waals surface area contributed by atoms with Crippen LogP contribution in [-0.2, 0) is 11.3 Å². The average molecular weight is 453 g/mol. The molecular weight excluding hydrogens is 428 g/mol. The number of urea groups is 1. The molecule has 2 aliphatic rings. The molecule has 10 nitrogen and oxygen atoms in total. The molecule has 10 heteroatoms. The number of benzene rings is 1. The number of allylic oxidation sites excluding steroid dienone is 3. The zero-order chi connectivity index (χ0) is 23.5. The van der Waals surface area contributed by atoms with E-state index in [1.807, 2.05) is 6.92 Å². The molecule has 0 N–H and O–H groups in total. The van der Waals surface area contributed by atoms with E-state index in [-0.39, 0.29) is 18.3 Å². The molecule has 1 aromatic carbocycles. The average Bonchev–Trinajstić information content (AvgIpc) is 3.32. The second-order valence-corrected chi connectivity index (χ2v) is 7.43. The van der Waals surface area contributed by atoms with E-state index in [2.05, 4.69) is 10.1 Å². The maximum absolute atomic E-state index is 13.1. The SMILES string of the molecule is CCCN1C(=O)C2C=CC=CC2=[N+](Cc2nc(-c3cc(OC)c(OC)c(OC)c3)no2)C1=O. The second-order valence-electron chi connectivity index (χ2n) is 7.43. The minimum absolute atomic E-state index is 0.0355. The molecule has 0 spiro atoms. The molecule has 1 unspecified atom stereocenters. The lowest BCUT2D eigenvalue weighted by atomic mass is 9.94. The van der Waals surface area contributed by atoms with Crippen molar-refractivity contribution in [3.8, 4) is 28.6 Å². The molecule has 1 aliphatic heterocycles. The number of hydrogen-bond acceptors (Lipinski definition) is 8. The van der Waals surface area contributed by atoms with Gasteiger partial charge in [-0.05, 0) is 24.6 Å². The zero-order valence-electron chi connectivity index (χ0n) is 18.9. The molecule has 1 atom stereocenters. The van der Waals surface area contributed by atoms with Crippen molar-refractivity contribution in [1.29, 1.82) is 0 Å². The van der Waals surface area contributed by atoms with Crippen molar-refractivity contribution in [2.24, 2.45) is 5.92 Å². The van der Waals surface area contributed by atoms with Gasteiger partial charge in [0, 0.05) is 5.56 Å². The second kappa shape index (κ2) is 9.27. The van der Waals surface area contributed by atoms with Gasteiger partial charge < -0.3 is 18.7 Å². The third kappa shape index (κ3) is 3.99. The van der Waals surface area contributed by atoms with Crippen molar-refractivity contribution in [3.63, 3.8) is 0 Å². The molecule has 2 heterocycles. The molecule has 172 valence electrons. The minimum Gasteiger partial charge on any atom is -0.493 e. The highest BCUT2D eigenvalue weighted by atomic mass is 16.5. The van der Waals surface area contributed by atoms with E-state index in [1.165, 1.54) is 30.8 Å². The van der Waals surface area contributed by atoms with Gasteiger partial charge in [-0.2, -0.15) is 19.3 Å². The van der Waals surface area contributed by atoms with Crippen molar-refractivity contribution < 1.29 is 32.9 Å². The summed E-state index contributed by atoms with van der Waals surface area (Å²) in [6.45, 7) is 2.30. The van der Waals surface area contributed by atoms with Gasteiger partial charge in [0.1, 0.15) is 11.6 Å². The van der Waals surface area contributed by atoms with Crippen LogP contribution in [0.25, 0.3) is 11.4 Å². The molecule has 0 saturated carbocycles. The summed E-state index contributed by atoms with van der Waals surface area (Å²) in [4.78, 5) is 31.7. The minimum atomic E-state index is -0.517. The van der Waals surface area contributed by atoms with Gasteiger partial charge in [-0.25, -0.2) is 4.79 Å². The molecule has 2 aromatic rings. The number of carbonyl (C=O) groups is 2. The topological polar surface area (TPSA) is 107 Å². The Morgan fingerprint density at radius 3 is 2.45 bits per heavy atom. The molecule has 4 rings (SSSR count). The molecule has 0 fully saturated rings. The Kier molecular flexibility index (Phi) is 6.25. The number of amides is 3. The Balaban J connectivity index is 1.68. The molecule has 1 aliphatic carbocycles. The van der Waals surface area contributed by atoms with Gasteiger partial charge in [-0.15, -0.1) is 0 Å². The first kappa shape index (κ1) is 22.3. The Morgan fingerprint density at radius 2 is 1.82 bits per heavy atom. The number of carbonyl (C=O) groups excluding carboxylic acids is 2. The van der Waals surface area contributed by atoms with Crippen LogP contribution in [0.15, 0.2) is 41.0 Å². The van der Waals surface area contributed by atoms with Crippen LogP contribution >= 0.6 is 0 Å². The summed E-state index contributed by atoms with van der Waals surface area (Å²) in [5, 5.41) is 4.06. The Hall–Kier alpha value is -3.95. The van der Waals surface area contributed by atoms with Crippen LogP contribution in [0.5, 0.6) is 17.2 Å². The molecule has 3 amide bonds. The predicted octanol–water partition coefficient (Wildman–Crippen LogP) is 2.83. The van der Waals surface area contributed by atoms with Gasteiger partial charge in [0.15, 0.2) is 18.0 Å². The molecule has 1 aromatic heterocycles. The molecule has 0 saturated heterocycles. The van der Waals surface area contributed by atoms with Crippen LogP contribution in [0.3, 0.4) is 0 Å². The van der Waals surface area contributed by atoms with E-state index in [4.69, 9.17) is 18.7 Å². The monoisotopic (exact) mass is 453 g/mol. The van der Waals surface area contributed by atoms with Gasteiger partial charge in [0.2, 0.25) is 11.6 Å².